The van der Waals surface area contributed by atoms with E-state index < -0.39 is 0 Å². The van der Waals surface area contributed by atoms with Gasteiger partial charge < -0.3 is 10.3 Å². The first kappa shape index (κ1) is 9.85. The summed E-state index contributed by atoms with van der Waals surface area (Å²) >= 11 is 0. The summed E-state index contributed by atoms with van der Waals surface area (Å²) < 4.78 is 2.42. The van der Waals surface area contributed by atoms with Crippen LogP contribution in [0.1, 0.15) is 24.6 Å². The predicted molar refractivity (Wildman–Crippen MR) is 65.4 cm³/mol. The lowest BCUT2D eigenvalue weighted by molar-refractivity contribution is 0.733. The Bertz CT molecular complexity index is 525. The largest absolute Gasteiger partial charge is 0.343 e. The zero-order valence-corrected chi connectivity index (χ0v) is 9.61. The van der Waals surface area contributed by atoms with Crippen molar-refractivity contribution in [2.45, 2.75) is 38.8 Å². The third kappa shape index (κ3) is 1.35. The van der Waals surface area contributed by atoms with Gasteiger partial charge in [-0.15, -0.1) is 0 Å². The fourth-order valence-corrected chi connectivity index (χ4v) is 2.82. The van der Waals surface area contributed by atoms with E-state index in [0.717, 1.165) is 13.0 Å². The Balaban J connectivity index is 2.25. The summed E-state index contributed by atoms with van der Waals surface area (Å²) in [5.74, 6) is 0. The van der Waals surface area contributed by atoms with Gasteiger partial charge in [-0.3, -0.25) is 4.98 Å². The highest BCUT2D eigenvalue weighted by Crippen LogP contribution is 2.31. The van der Waals surface area contributed by atoms with Crippen LogP contribution in [0.4, 0.5) is 0 Å². The molecule has 0 spiro atoms. The molecule has 3 rings (SSSR count). The lowest BCUT2D eigenvalue weighted by atomic mass is 10.0. The van der Waals surface area contributed by atoms with Crippen LogP contribution in [0, 0.1) is 0 Å². The van der Waals surface area contributed by atoms with Gasteiger partial charge >= 0.3 is 0 Å². The van der Waals surface area contributed by atoms with E-state index >= 15 is 0 Å². The molecule has 0 saturated carbocycles. The first-order valence-electron chi connectivity index (χ1n) is 5.97. The van der Waals surface area contributed by atoms with Crippen LogP contribution in [0.25, 0.3) is 10.9 Å². The molecule has 0 radical (unpaired) electrons. The Hall–Kier alpha value is -1.35. The molecule has 3 heteroatoms. The zero-order valence-electron chi connectivity index (χ0n) is 9.61. The molecule has 3 heterocycles. The molecular weight excluding hydrogens is 198 g/mol. The second-order valence-corrected chi connectivity index (χ2v) is 4.75. The molecule has 2 N–H and O–H groups in total. The quantitative estimate of drug-likeness (QED) is 0.831. The van der Waals surface area contributed by atoms with E-state index in [0.29, 0.717) is 0 Å². The van der Waals surface area contributed by atoms with Gasteiger partial charge in [-0.25, -0.2) is 0 Å². The number of nitrogens with two attached hydrogens (primary N) is 1. The van der Waals surface area contributed by atoms with Crippen molar-refractivity contribution in [2.24, 2.45) is 5.73 Å². The summed E-state index contributed by atoms with van der Waals surface area (Å²) in [6.07, 6.45) is 7.28. The molecule has 1 aliphatic heterocycles. The summed E-state index contributed by atoms with van der Waals surface area (Å²) in [6.45, 7) is 3.21. The second kappa shape index (κ2) is 3.59. The van der Waals surface area contributed by atoms with Crippen LogP contribution in [0.5, 0.6) is 0 Å². The highest BCUT2D eigenvalue weighted by atomic mass is 15.0. The van der Waals surface area contributed by atoms with Crippen LogP contribution in [-0.4, -0.2) is 15.6 Å². The number of fused-ring (bicyclic) bond motifs is 3. The standard InChI is InChI=1S/C13H17N3/c1-9(14)7-11-10-4-5-15-8-13(10)16-6-2-3-12(11)16/h4-5,8-9H,2-3,6-7,14H2,1H3/t9-/m1/s1. The fraction of sp³-hybridized carbons (Fsp3) is 0.462. The summed E-state index contributed by atoms with van der Waals surface area (Å²) in [6, 6.07) is 2.35. The minimum Gasteiger partial charge on any atom is -0.343 e. The second-order valence-electron chi connectivity index (χ2n) is 4.75. The average molecular weight is 215 g/mol. The van der Waals surface area contributed by atoms with Crippen LogP contribution in [-0.2, 0) is 19.4 Å². The number of hydrogen-bond donors (Lipinski definition) is 1. The van der Waals surface area contributed by atoms with E-state index in [9.17, 15) is 0 Å². The molecule has 84 valence electrons. The van der Waals surface area contributed by atoms with E-state index in [4.69, 9.17) is 5.73 Å². The van der Waals surface area contributed by atoms with Gasteiger partial charge in [0.25, 0.3) is 0 Å². The van der Waals surface area contributed by atoms with Gasteiger partial charge in [0.05, 0.1) is 11.7 Å². The van der Waals surface area contributed by atoms with Crippen LogP contribution in [0.2, 0.25) is 0 Å². The molecule has 1 aliphatic rings. The highest BCUT2D eigenvalue weighted by Gasteiger charge is 2.21. The molecule has 2 aromatic rings. The van der Waals surface area contributed by atoms with Gasteiger partial charge in [-0.2, -0.15) is 0 Å². The van der Waals surface area contributed by atoms with Crippen molar-refractivity contribution in [1.82, 2.24) is 9.55 Å². The first-order valence-corrected chi connectivity index (χ1v) is 5.97. The van der Waals surface area contributed by atoms with Crippen molar-refractivity contribution >= 4 is 10.9 Å². The minimum atomic E-state index is 0.226. The van der Waals surface area contributed by atoms with Gasteiger partial charge in [0.2, 0.25) is 0 Å². The van der Waals surface area contributed by atoms with Crippen LogP contribution >= 0.6 is 0 Å². The van der Waals surface area contributed by atoms with Crippen molar-refractivity contribution in [2.75, 3.05) is 0 Å². The Morgan fingerprint density at radius 2 is 2.44 bits per heavy atom. The summed E-state index contributed by atoms with van der Waals surface area (Å²) in [5, 5.41) is 1.35. The Morgan fingerprint density at radius 1 is 1.56 bits per heavy atom. The number of aryl methyl sites for hydroxylation is 1. The lowest BCUT2D eigenvalue weighted by Gasteiger charge is -2.05. The Morgan fingerprint density at radius 3 is 3.25 bits per heavy atom. The number of aromatic nitrogens is 2. The summed E-state index contributed by atoms with van der Waals surface area (Å²) in [7, 11) is 0. The monoisotopic (exact) mass is 215 g/mol. The van der Waals surface area contributed by atoms with Crippen molar-refractivity contribution in [3.63, 3.8) is 0 Å². The van der Waals surface area contributed by atoms with E-state index in [2.05, 4.69) is 22.5 Å². The third-order valence-corrected chi connectivity index (χ3v) is 3.41. The first-order chi connectivity index (χ1) is 7.77. The molecule has 0 bridgehead atoms. The van der Waals surface area contributed by atoms with Gasteiger partial charge in [0.1, 0.15) is 0 Å². The van der Waals surface area contributed by atoms with Crippen molar-refractivity contribution in [3.05, 3.63) is 29.7 Å². The summed E-state index contributed by atoms with van der Waals surface area (Å²) in [4.78, 5) is 4.23. The van der Waals surface area contributed by atoms with Crippen LogP contribution in [0.3, 0.4) is 0 Å². The Labute approximate surface area is 95.3 Å². The smallest absolute Gasteiger partial charge is 0.0671 e. The van der Waals surface area contributed by atoms with Crippen molar-refractivity contribution in [3.8, 4) is 0 Å². The number of hydrogen-bond acceptors (Lipinski definition) is 2. The van der Waals surface area contributed by atoms with Crippen molar-refractivity contribution in [1.29, 1.82) is 0 Å². The number of pyridine rings is 1. The van der Waals surface area contributed by atoms with Gasteiger partial charge in [0, 0.05) is 29.9 Å². The lowest BCUT2D eigenvalue weighted by Crippen LogP contribution is -2.18. The van der Waals surface area contributed by atoms with Gasteiger partial charge in [0.15, 0.2) is 0 Å². The minimum absolute atomic E-state index is 0.226. The topological polar surface area (TPSA) is 43.8 Å². The molecule has 0 aliphatic carbocycles. The Kier molecular flexibility index (Phi) is 2.21. The molecule has 0 amide bonds. The van der Waals surface area contributed by atoms with Crippen molar-refractivity contribution < 1.29 is 0 Å². The van der Waals surface area contributed by atoms with Gasteiger partial charge in [-0.1, -0.05) is 0 Å². The molecule has 0 fully saturated rings. The van der Waals surface area contributed by atoms with E-state index in [1.165, 1.54) is 35.0 Å². The molecular formula is C13H17N3. The van der Waals surface area contributed by atoms with Crippen LogP contribution < -0.4 is 5.73 Å². The average Bonchev–Trinajstić information content (AvgIpc) is 2.82. The number of rotatable bonds is 2. The summed E-state index contributed by atoms with van der Waals surface area (Å²) in [5.41, 5.74) is 10.2. The maximum Gasteiger partial charge on any atom is 0.0671 e. The molecule has 1 atom stereocenters. The highest BCUT2D eigenvalue weighted by molar-refractivity contribution is 5.85. The third-order valence-electron chi connectivity index (χ3n) is 3.41. The van der Waals surface area contributed by atoms with E-state index in [-0.39, 0.29) is 6.04 Å². The van der Waals surface area contributed by atoms with Crippen LogP contribution in [0.15, 0.2) is 18.5 Å². The number of nitrogens with zero attached hydrogens (tertiary/aromatic N) is 2. The SMILES string of the molecule is C[C@@H](N)Cc1c2n(c3cnccc13)CCC2. The molecule has 2 aromatic heterocycles. The maximum absolute atomic E-state index is 5.94. The van der Waals surface area contributed by atoms with E-state index in [1.54, 1.807) is 0 Å². The van der Waals surface area contributed by atoms with E-state index in [1.807, 2.05) is 12.4 Å². The molecule has 3 nitrogen and oxygen atoms in total. The molecule has 16 heavy (non-hydrogen) atoms. The molecule has 0 aromatic carbocycles. The predicted octanol–water partition coefficient (Wildman–Crippen LogP) is 1.87. The maximum atomic E-state index is 5.94. The molecule has 0 saturated heterocycles. The fourth-order valence-electron chi connectivity index (χ4n) is 2.82. The zero-order chi connectivity index (χ0) is 11.1. The van der Waals surface area contributed by atoms with Gasteiger partial charge in [-0.05, 0) is 37.8 Å². The molecule has 0 unspecified atom stereocenters. The normalized spacial score (nSPS) is 16.6.